The smallest absolute Gasteiger partial charge is 0.252 e. The van der Waals surface area contributed by atoms with Crippen LogP contribution in [0, 0.1) is 0 Å². The summed E-state index contributed by atoms with van der Waals surface area (Å²) in [6.45, 7) is 1.80. The Labute approximate surface area is 142 Å². The molecule has 8 heteroatoms. The van der Waals surface area contributed by atoms with E-state index in [2.05, 4.69) is 9.97 Å². The van der Waals surface area contributed by atoms with E-state index in [4.69, 9.17) is 32.7 Å². The van der Waals surface area contributed by atoms with Gasteiger partial charge in [0, 0.05) is 37.2 Å². The van der Waals surface area contributed by atoms with Crippen molar-refractivity contribution in [2.24, 2.45) is 0 Å². The highest BCUT2D eigenvalue weighted by atomic mass is 35.5. The molecule has 2 aliphatic heterocycles. The number of fused-ring (bicyclic) bond motifs is 3. The second kappa shape index (κ2) is 5.54. The number of halogens is 2. The van der Waals surface area contributed by atoms with Gasteiger partial charge in [-0.05, 0) is 0 Å². The van der Waals surface area contributed by atoms with Crippen molar-refractivity contribution in [3.63, 3.8) is 0 Å². The number of carbonyl (C=O) groups excluding carboxylic acids is 1. The maximum atomic E-state index is 12.4. The SMILES string of the molecule is COc1nc2c3c([nH]c2c(Cl)c1Cl)CCN(C(=O)C1CCO1)C3. The van der Waals surface area contributed by atoms with Crippen molar-refractivity contribution >= 4 is 40.1 Å². The monoisotopic (exact) mass is 355 g/mol. The third-order valence-corrected chi connectivity index (χ3v) is 5.26. The molecule has 1 atom stereocenters. The first-order valence-corrected chi connectivity index (χ1v) is 8.18. The number of H-pyrrole nitrogens is 1. The number of aromatic nitrogens is 2. The molecule has 0 radical (unpaired) electrons. The van der Waals surface area contributed by atoms with E-state index in [0.717, 1.165) is 24.1 Å². The van der Waals surface area contributed by atoms with Crippen molar-refractivity contribution in [1.29, 1.82) is 0 Å². The molecule has 1 amide bonds. The number of methoxy groups -OCH3 is 1. The minimum absolute atomic E-state index is 0.0447. The fraction of sp³-hybridized carbons (Fsp3) is 0.467. The number of pyridine rings is 1. The number of hydrogen-bond donors (Lipinski definition) is 1. The van der Waals surface area contributed by atoms with Gasteiger partial charge in [0.05, 0.1) is 29.8 Å². The first kappa shape index (κ1) is 15.1. The summed E-state index contributed by atoms with van der Waals surface area (Å²) in [5, 5.41) is 0.680. The van der Waals surface area contributed by atoms with Gasteiger partial charge in [0.1, 0.15) is 11.1 Å². The van der Waals surface area contributed by atoms with Gasteiger partial charge in [-0.2, -0.15) is 0 Å². The molecule has 2 aromatic heterocycles. The van der Waals surface area contributed by atoms with Crippen LogP contribution in [0.15, 0.2) is 0 Å². The van der Waals surface area contributed by atoms with Crippen LogP contribution in [0.2, 0.25) is 10.0 Å². The number of ether oxygens (including phenoxy) is 2. The summed E-state index contributed by atoms with van der Waals surface area (Å²) in [6.07, 6.45) is 1.23. The Balaban J connectivity index is 1.75. The van der Waals surface area contributed by atoms with Gasteiger partial charge >= 0.3 is 0 Å². The van der Waals surface area contributed by atoms with Crippen molar-refractivity contribution in [2.45, 2.75) is 25.5 Å². The maximum absolute atomic E-state index is 12.4. The van der Waals surface area contributed by atoms with E-state index in [1.54, 1.807) is 0 Å². The first-order chi connectivity index (χ1) is 11.1. The normalized spacial score (nSPS) is 20.3. The van der Waals surface area contributed by atoms with Gasteiger partial charge in [-0.3, -0.25) is 4.79 Å². The summed E-state index contributed by atoms with van der Waals surface area (Å²) in [7, 11) is 1.50. The van der Waals surface area contributed by atoms with Crippen LogP contribution in [-0.4, -0.2) is 47.1 Å². The molecule has 23 heavy (non-hydrogen) atoms. The molecule has 6 nitrogen and oxygen atoms in total. The zero-order valence-corrected chi connectivity index (χ0v) is 14.0. The molecule has 0 aromatic carbocycles. The zero-order chi connectivity index (χ0) is 16.1. The minimum Gasteiger partial charge on any atom is -0.480 e. The van der Waals surface area contributed by atoms with Gasteiger partial charge in [0.15, 0.2) is 0 Å². The highest BCUT2D eigenvalue weighted by Gasteiger charge is 2.34. The molecule has 2 aromatic rings. The van der Waals surface area contributed by atoms with Crippen molar-refractivity contribution in [1.82, 2.24) is 14.9 Å². The van der Waals surface area contributed by atoms with Crippen molar-refractivity contribution < 1.29 is 14.3 Å². The number of nitrogens with zero attached hydrogens (tertiary/aromatic N) is 2. The summed E-state index contributed by atoms with van der Waals surface area (Å²) in [5.41, 5.74) is 3.41. The van der Waals surface area contributed by atoms with Gasteiger partial charge in [-0.1, -0.05) is 23.2 Å². The highest BCUT2D eigenvalue weighted by molar-refractivity contribution is 6.45. The van der Waals surface area contributed by atoms with E-state index < -0.39 is 0 Å². The van der Waals surface area contributed by atoms with Crippen LogP contribution in [0.1, 0.15) is 17.7 Å². The Morgan fingerprint density at radius 1 is 1.43 bits per heavy atom. The number of nitrogens with one attached hydrogen (secondary N) is 1. The lowest BCUT2D eigenvalue weighted by Gasteiger charge is -2.33. The van der Waals surface area contributed by atoms with E-state index in [9.17, 15) is 4.79 Å². The van der Waals surface area contributed by atoms with E-state index in [-0.39, 0.29) is 22.9 Å². The lowest BCUT2D eigenvalue weighted by atomic mass is 10.0. The molecule has 1 N–H and O–H groups in total. The predicted molar refractivity (Wildman–Crippen MR) is 86.1 cm³/mol. The van der Waals surface area contributed by atoms with Gasteiger partial charge in [-0.25, -0.2) is 4.98 Å². The first-order valence-electron chi connectivity index (χ1n) is 7.43. The molecule has 2 aliphatic rings. The van der Waals surface area contributed by atoms with Crippen LogP contribution in [-0.2, 0) is 22.5 Å². The van der Waals surface area contributed by atoms with Crippen molar-refractivity contribution in [3.05, 3.63) is 21.3 Å². The Morgan fingerprint density at radius 2 is 2.22 bits per heavy atom. The molecule has 4 heterocycles. The fourth-order valence-electron chi connectivity index (χ4n) is 3.07. The molecule has 1 fully saturated rings. The third kappa shape index (κ3) is 2.28. The van der Waals surface area contributed by atoms with E-state index in [0.29, 0.717) is 35.8 Å². The number of hydrogen-bond acceptors (Lipinski definition) is 4. The maximum Gasteiger partial charge on any atom is 0.252 e. The van der Waals surface area contributed by atoms with Gasteiger partial charge in [-0.15, -0.1) is 0 Å². The van der Waals surface area contributed by atoms with E-state index in [1.165, 1.54) is 7.11 Å². The van der Waals surface area contributed by atoms with Crippen LogP contribution < -0.4 is 4.74 Å². The second-order valence-corrected chi connectivity index (χ2v) is 6.47. The van der Waals surface area contributed by atoms with Crippen LogP contribution >= 0.6 is 23.2 Å². The number of amides is 1. The average molecular weight is 356 g/mol. The Morgan fingerprint density at radius 3 is 2.87 bits per heavy atom. The molecule has 0 bridgehead atoms. The molecule has 0 spiro atoms. The molecule has 1 unspecified atom stereocenters. The summed E-state index contributed by atoms with van der Waals surface area (Å²) >= 11 is 12.5. The zero-order valence-electron chi connectivity index (χ0n) is 12.5. The molecule has 1 saturated heterocycles. The summed E-state index contributed by atoms with van der Waals surface area (Å²) in [5.74, 6) is 0.333. The van der Waals surface area contributed by atoms with Crippen LogP contribution in [0.4, 0.5) is 0 Å². The summed E-state index contributed by atoms with van der Waals surface area (Å²) < 4.78 is 10.5. The standard InChI is InChI=1S/C15H15Cl2N3O3/c1-22-14-11(17)10(16)13-12(19-14)7-6-20(4-2-8(7)18-13)15(21)9-3-5-23-9/h9,18H,2-6H2,1H3. The topological polar surface area (TPSA) is 67.5 Å². The van der Waals surface area contributed by atoms with Gasteiger partial charge in [0.25, 0.3) is 5.91 Å². The van der Waals surface area contributed by atoms with Crippen LogP contribution in [0.25, 0.3) is 11.0 Å². The Hall–Kier alpha value is -1.50. The predicted octanol–water partition coefficient (Wildman–Crippen LogP) is 2.55. The van der Waals surface area contributed by atoms with Crippen LogP contribution in [0.3, 0.4) is 0 Å². The molecule has 0 saturated carbocycles. The molecule has 4 rings (SSSR count). The lowest BCUT2D eigenvalue weighted by molar-refractivity contribution is -0.157. The molecule has 0 aliphatic carbocycles. The molecule has 122 valence electrons. The number of aromatic amines is 1. The number of carbonyl (C=O) groups is 1. The van der Waals surface area contributed by atoms with E-state index >= 15 is 0 Å². The average Bonchev–Trinajstić information content (AvgIpc) is 2.87. The van der Waals surface area contributed by atoms with Crippen LogP contribution in [0.5, 0.6) is 5.88 Å². The highest BCUT2D eigenvalue weighted by Crippen LogP contribution is 2.39. The lowest BCUT2D eigenvalue weighted by Crippen LogP contribution is -2.47. The third-order valence-electron chi connectivity index (χ3n) is 4.44. The summed E-state index contributed by atoms with van der Waals surface area (Å²) in [4.78, 5) is 22.0. The Kier molecular flexibility index (Phi) is 3.63. The Bertz CT molecular complexity index is 801. The molecular formula is C15H15Cl2N3O3. The summed E-state index contributed by atoms with van der Waals surface area (Å²) in [6, 6.07) is 0. The largest absolute Gasteiger partial charge is 0.480 e. The van der Waals surface area contributed by atoms with Crippen molar-refractivity contribution in [3.8, 4) is 5.88 Å². The van der Waals surface area contributed by atoms with Crippen molar-refractivity contribution in [2.75, 3.05) is 20.3 Å². The van der Waals surface area contributed by atoms with Gasteiger partial charge in [0.2, 0.25) is 5.88 Å². The molecular weight excluding hydrogens is 341 g/mol. The quantitative estimate of drug-likeness (QED) is 0.898. The fourth-order valence-corrected chi connectivity index (χ4v) is 3.51. The minimum atomic E-state index is -0.290. The van der Waals surface area contributed by atoms with E-state index in [1.807, 2.05) is 4.90 Å². The number of rotatable bonds is 2. The second-order valence-electron chi connectivity index (χ2n) is 5.71. The van der Waals surface area contributed by atoms with Gasteiger partial charge < -0.3 is 19.4 Å².